The van der Waals surface area contributed by atoms with E-state index < -0.39 is 0 Å². The van der Waals surface area contributed by atoms with Gasteiger partial charge in [-0.3, -0.25) is 10.00 Å². The highest BCUT2D eigenvalue weighted by molar-refractivity contribution is 5.21. The Morgan fingerprint density at radius 1 is 1.29 bits per heavy atom. The van der Waals surface area contributed by atoms with Gasteiger partial charge in [0.15, 0.2) is 5.82 Å². The molecule has 2 fully saturated rings. The van der Waals surface area contributed by atoms with E-state index in [4.69, 9.17) is 4.74 Å². The highest BCUT2D eigenvalue weighted by Gasteiger charge is 2.38. The molecule has 5 nitrogen and oxygen atoms in total. The monoisotopic (exact) mass is 326 g/mol. The lowest BCUT2D eigenvalue weighted by molar-refractivity contribution is 0.0463. The zero-order chi connectivity index (χ0) is 16.5. The van der Waals surface area contributed by atoms with Crippen LogP contribution < -0.4 is 0 Å². The van der Waals surface area contributed by atoms with Crippen molar-refractivity contribution in [2.45, 2.75) is 51.9 Å². The van der Waals surface area contributed by atoms with Gasteiger partial charge in [0.2, 0.25) is 0 Å². The van der Waals surface area contributed by atoms with Crippen molar-refractivity contribution in [3.05, 3.63) is 47.0 Å². The SMILES string of the molecule is Cc1cccc(CO[C@H]2C[C@@H](c3n[nH]c(C)n3)N(CC3CC3)C2)c1. The molecule has 0 unspecified atom stereocenters. The van der Waals surface area contributed by atoms with Gasteiger partial charge in [0, 0.05) is 13.1 Å². The summed E-state index contributed by atoms with van der Waals surface area (Å²) in [6.45, 7) is 6.91. The van der Waals surface area contributed by atoms with Crippen LogP contribution >= 0.6 is 0 Å². The first-order valence-electron chi connectivity index (χ1n) is 8.97. The van der Waals surface area contributed by atoms with Crippen molar-refractivity contribution in [3.8, 4) is 0 Å². The number of aromatic nitrogens is 3. The zero-order valence-electron chi connectivity index (χ0n) is 14.5. The third-order valence-corrected chi connectivity index (χ3v) is 5.04. The number of hydrogen-bond donors (Lipinski definition) is 1. The molecule has 1 aliphatic heterocycles. The minimum absolute atomic E-state index is 0.257. The van der Waals surface area contributed by atoms with E-state index >= 15 is 0 Å². The molecule has 24 heavy (non-hydrogen) atoms. The molecule has 2 aliphatic rings. The number of benzene rings is 1. The number of H-pyrrole nitrogens is 1. The number of nitrogens with zero attached hydrogens (tertiary/aromatic N) is 3. The molecular weight excluding hydrogens is 300 g/mol. The third kappa shape index (κ3) is 3.68. The predicted octanol–water partition coefficient (Wildman–Crippen LogP) is 3.16. The number of hydrogen-bond acceptors (Lipinski definition) is 4. The summed E-state index contributed by atoms with van der Waals surface area (Å²) in [7, 11) is 0. The van der Waals surface area contributed by atoms with Crippen molar-refractivity contribution in [3.63, 3.8) is 0 Å². The fourth-order valence-electron chi connectivity index (χ4n) is 3.61. The van der Waals surface area contributed by atoms with Crippen molar-refractivity contribution in [1.29, 1.82) is 0 Å². The van der Waals surface area contributed by atoms with Crippen LogP contribution in [-0.4, -0.2) is 39.3 Å². The fraction of sp³-hybridized carbons (Fsp3) is 0.579. The Morgan fingerprint density at radius 2 is 2.17 bits per heavy atom. The van der Waals surface area contributed by atoms with Crippen molar-refractivity contribution in [2.75, 3.05) is 13.1 Å². The molecule has 1 aromatic carbocycles. The zero-order valence-corrected chi connectivity index (χ0v) is 14.5. The van der Waals surface area contributed by atoms with Crippen LogP contribution in [0.25, 0.3) is 0 Å². The lowest BCUT2D eigenvalue weighted by atomic mass is 10.1. The van der Waals surface area contributed by atoms with Gasteiger partial charge in [0.1, 0.15) is 5.82 Å². The van der Waals surface area contributed by atoms with Gasteiger partial charge in [-0.25, -0.2) is 4.98 Å². The van der Waals surface area contributed by atoms with Crippen molar-refractivity contribution >= 4 is 0 Å². The van der Waals surface area contributed by atoms with Crippen molar-refractivity contribution in [2.24, 2.45) is 5.92 Å². The third-order valence-electron chi connectivity index (χ3n) is 5.04. The van der Waals surface area contributed by atoms with Gasteiger partial charge in [0.05, 0.1) is 18.8 Å². The summed E-state index contributed by atoms with van der Waals surface area (Å²) in [5.74, 6) is 2.68. The lowest BCUT2D eigenvalue weighted by Gasteiger charge is -2.21. The molecule has 0 spiro atoms. The molecule has 1 aromatic heterocycles. The summed E-state index contributed by atoms with van der Waals surface area (Å²) in [5, 5.41) is 7.39. The molecule has 0 amide bonds. The second-order valence-corrected chi connectivity index (χ2v) is 7.35. The Hall–Kier alpha value is -1.72. The van der Waals surface area contributed by atoms with Crippen LogP contribution in [0.5, 0.6) is 0 Å². The molecule has 2 atom stereocenters. The van der Waals surface area contributed by atoms with Gasteiger partial charge in [-0.15, -0.1) is 0 Å². The van der Waals surface area contributed by atoms with Gasteiger partial charge in [-0.05, 0) is 44.6 Å². The Kier molecular flexibility index (Phi) is 4.37. The largest absolute Gasteiger partial charge is 0.372 e. The smallest absolute Gasteiger partial charge is 0.167 e. The van der Waals surface area contributed by atoms with E-state index in [-0.39, 0.29) is 12.1 Å². The van der Waals surface area contributed by atoms with E-state index in [1.165, 1.54) is 24.0 Å². The van der Waals surface area contributed by atoms with E-state index in [0.717, 1.165) is 37.1 Å². The first kappa shape index (κ1) is 15.8. The van der Waals surface area contributed by atoms with E-state index in [9.17, 15) is 0 Å². The first-order valence-corrected chi connectivity index (χ1v) is 8.97. The number of nitrogens with one attached hydrogen (secondary N) is 1. The van der Waals surface area contributed by atoms with Crippen LogP contribution in [0.4, 0.5) is 0 Å². The number of aromatic amines is 1. The average molecular weight is 326 g/mol. The maximum atomic E-state index is 6.23. The number of aryl methyl sites for hydroxylation is 2. The van der Waals surface area contributed by atoms with Gasteiger partial charge in [-0.2, -0.15) is 5.10 Å². The molecule has 5 heteroatoms. The number of likely N-dealkylation sites (tertiary alicyclic amines) is 1. The van der Waals surface area contributed by atoms with Gasteiger partial charge in [-0.1, -0.05) is 29.8 Å². The van der Waals surface area contributed by atoms with Crippen molar-refractivity contribution in [1.82, 2.24) is 20.1 Å². The minimum Gasteiger partial charge on any atom is -0.372 e. The fourth-order valence-corrected chi connectivity index (χ4v) is 3.61. The van der Waals surface area contributed by atoms with Crippen LogP contribution in [-0.2, 0) is 11.3 Å². The molecule has 0 radical (unpaired) electrons. The second-order valence-electron chi connectivity index (χ2n) is 7.35. The van der Waals surface area contributed by atoms with Gasteiger partial charge >= 0.3 is 0 Å². The molecule has 2 heterocycles. The Labute approximate surface area is 143 Å². The van der Waals surface area contributed by atoms with E-state index in [0.29, 0.717) is 6.61 Å². The Bertz CT molecular complexity index is 694. The molecule has 4 rings (SSSR count). The van der Waals surface area contributed by atoms with Gasteiger partial charge in [0.25, 0.3) is 0 Å². The Morgan fingerprint density at radius 3 is 2.88 bits per heavy atom. The standard InChI is InChI=1S/C19H26N4O/c1-13-4-3-5-16(8-13)12-24-17-9-18(19-20-14(2)21-22-19)23(11-17)10-15-6-7-15/h3-5,8,15,17-18H,6-7,9-12H2,1-2H3,(H,20,21,22)/t17-,18-/m0/s1. The summed E-state index contributed by atoms with van der Waals surface area (Å²) in [6, 6.07) is 8.85. The molecule has 2 aromatic rings. The maximum absolute atomic E-state index is 6.23. The first-order chi connectivity index (χ1) is 11.7. The molecular formula is C19H26N4O. The lowest BCUT2D eigenvalue weighted by Crippen LogP contribution is -2.28. The van der Waals surface area contributed by atoms with Crippen molar-refractivity contribution < 1.29 is 4.74 Å². The molecule has 1 saturated carbocycles. The van der Waals surface area contributed by atoms with E-state index in [1.54, 1.807) is 0 Å². The predicted molar refractivity (Wildman–Crippen MR) is 92.5 cm³/mol. The molecule has 0 bridgehead atoms. The Balaban J connectivity index is 1.41. The molecule has 128 valence electrons. The van der Waals surface area contributed by atoms with Crippen LogP contribution in [0.1, 0.15) is 48.1 Å². The summed E-state index contributed by atoms with van der Waals surface area (Å²) in [6.07, 6.45) is 3.97. The highest BCUT2D eigenvalue weighted by Crippen LogP contribution is 2.37. The van der Waals surface area contributed by atoms with Gasteiger partial charge < -0.3 is 4.74 Å². The average Bonchev–Trinajstić information content (AvgIpc) is 3.12. The number of ether oxygens (including phenoxy) is 1. The highest BCUT2D eigenvalue weighted by atomic mass is 16.5. The number of rotatable bonds is 6. The molecule has 1 N–H and O–H groups in total. The second kappa shape index (κ2) is 6.65. The maximum Gasteiger partial charge on any atom is 0.167 e. The summed E-state index contributed by atoms with van der Waals surface area (Å²) in [4.78, 5) is 7.10. The minimum atomic E-state index is 0.257. The van der Waals surface area contributed by atoms with Crippen LogP contribution in [0.3, 0.4) is 0 Å². The molecule has 1 aliphatic carbocycles. The summed E-state index contributed by atoms with van der Waals surface area (Å²) < 4.78 is 6.23. The summed E-state index contributed by atoms with van der Waals surface area (Å²) >= 11 is 0. The van der Waals surface area contributed by atoms with E-state index in [1.807, 2.05) is 6.92 Å². The van der Waals surface area contributed by atoms with Crippen LogP contribution in [0.2, 0.25) is 0 Å². The van der Waals surface area contributed by atoms with Crippen LogP contribution in [0, 0.1) is 19.8 Å². The van der Waals surface area contributed by atoms with Crippen LogP contribution in [0.15, 0.2) is 24.3 Å². The topological polar surface area (TPSA) is 54.0 Å². The van der Waals surface area contributed by atoms with E-state index in [2.05, 4.69) is 51.3 Å². The molecule has 1 saturated heterocycles. The normalized spacial score (nSPS) is 24.6. The quantitative estimate of drug-likeness (QED) is 0.886. The summed E-state index contributed by atoms with van der Waals surface area (Å²) in [5.41, 5.74) is 2.54.